The van der Waals surface area contributed by atoms with Crippen LogP contribution in [-0.2, 0) is 13.5 Å². The Morgan fingerprint density at radius 1 is 1.06 bits per heavy atom. The zero-order valence-corrected chi connectivity index (χ0v) is 17.2. The number of hydrogen-bond acceptors (Lipinski definition) is 4. The monoisotopic (exact) mass is 405 g/mol. The minimum atomic E-state index is -0.196. The van der Waals surface area contributed by atoms with Crippen LogP contribution in [0.25, 0.3) is 43.9 Å². The molecule has 31 heavy (non-hydrogen) atoms. The van der Waals surface area contributed by atoms with Gasteiger partial charge in [-0.1, -0.05) is 43.3 Å². The van der Waals surface area contributed by atoms with Crippen LogP contribution in [0.2, 0.25) is 0 Å². The van der Waals surface area contributed by atoms with Gasteiger partial charge in [-0.05, 0) is 35.6 Å². The molecule has 5 aromatic rings. The molecule has 0 aliphatic carbocycles. The Kier molecular flexibility index (Phi) is 4.37. The van der Waals surface area contributed by atoms with E-state index in [0.717, 1.165) is 44.2 Å². The van der Waals surface area contributed by atoms with Crippen LogP contribution in [0.4, 0.5) is 0 Å². The van der Waals surface area contributed by atoms with Crippen LogP contribution in [0.1, 0.15) is 18.2 Å². The van der Waals surface area contributed by atoms with Gasteiger partial charge in [0.1, 0.15) is 0 Å². The van der Waals surface area contributed by atoms with Crippen LogP contribution in [0.15, 0.2) is 65.6 Å². The molecule has 0 amide bonds. The molecule has 5 rings (SSSR count). The zero-order valence-electron chi connectivity index (χ0n) is 17.2. The zero-order chi connectivity index (χ0) is 21.5. The fraction of sp³-hybridized carbons (Fsp3) is 0.120. The van der Waals surface area contributed by atoms with E-state index in [0.29, 0.717) is 17.4 Å². The first-order valence-electron chi connectivity index (χ1n) is 10.1. The molecule has 0 aliphatic rings. The molecule has 0 saturated heterocycles. The first-order chi connectivity index (χ1) is 15.1. The van der Waals surface area contributed by atoms with Crippen molar-refractivity contribution in [3.05, 3.63) is 82.4 Å². The molecular weight excluding hydrogens is 386 g/mol. The van der Waals surface area contributed by atoms with Crippen LogP contribution >= 0.6 is 0 Å². The molecule has 0 saturated carbocycles. The van der Waals surface area contributed by atoms with E-state index >= 15 is 0 Å². The standard InChI is InChI=1S/C25H19N5O/c1-3-22-20-12-16(10-11-18(20)25(31)29-28-22)21-14-27-30(2)24(21)19-9-5-7-15-6-4-8-17(13-26)23(15)19/h4-12,14H,3H2,1-2H3,(H,29,31). The predicted octanol–water partition coefficient (Wildman–Crippen LogP) is 4.58. The van der Waals surface area contributed by atoms with Gasteiger partial charge in [-0.15, -0.1) is 0 Å². The maximum atomic E-state index is 12.2. The third kappa shape index (κ3) is 2.90. The van der Waals surface area contributed by atoms with Gasteiger partial charge in [0, 0.05) is 28.9 Å². The van der Waals surface area contributed by atoms with Crippen molar-refractivity contribution in [1.82, 2.24) is 20.0 Å². The van der Waals surface area contributed by atoms with Crippen LogP contribution in [0.5, 0.6) is 0 Å². The van der Waals surface area contributed by atoms with E-state index in [2.05, 4.69) is 21.4 Å². The van der Waals surface area contributed by atoms with E-state index in [1.165, 1.54) is 0 Å². The summed E-state index contributed by atoms with van der Waals surface area (Å²) in [5.74, 6) is 0. The fourth-order valence-electron chi connectivity index (χ4n) is 4.26. The summed E-state index contributed by atoms with van der Waals surface area (Å²) < 4.78 is 1.83. The lowest BCUT2D eigenvalue weighted by molar-refractivity contribution is 0.776. The van der Waals surface area contributed by atoms with Gasteiger partial charge in [-0.25, -0.2) is 5.10 Å². The van der Waals surface area contributed by atoms with Crippen molar-refractivity contribution >= 4 is 21.5 Å². The number of aryl methyl sites for hydroxylation is 2. The van der Waals surface area contributed by atoms with Gasteiger partial charge in [-0.2, -0.15) is 15.5 Å². The maximum Gasteiger partial charge on any atom is 0.272 e. The molecule has 1 N–H and O–H groups in total. The molecular formula is C25H19N5O. The predicted molar refractivity (Wildman–Crippen MR) is 122 cm³/mol. The number of nitriles is 1. The van der Waals surface area contributed by atoms with Crippen molar-refractivity contribution in [3.8, 4) is 28.5 Å². The Labute approximate surface area is 178 Å². The Hall–Kier alpha value is -4.24. The van der Waals surface area contributed by atoms with Gasteiger partial charge in [0.2, 0.25) is 0 Å². The highest BCUT2D eigenvalue weighted by molar-refractivity contribution is 6.03. The summed E-state index contributed by atoms with van der Waals surface area (Å²) in [5.41, 5.74) is 5.03. The highest BCUT2D eigenvalue weighted by Crippen LogP contribution is 2.37. The summed E-state index contributed by atoms with van der Waals surface area (Å²) in [7, 11) is 1.90. The molecule has 0 radical (unpaired) electrons. The van der Waals surface area contributed by atoms with Crippen LogP contribution in [0, 0.1) is 11.3 Å². The molecule has 150 valence electrons. The van der Waals surface area contributed by atoms with Gasteiger partial charge in [0.05, 0.1) is 34.6 Å². The van der Waals surface area contributed by atoms with Crippen molar-refractivity contribution < 1.29 is 0 Å². The molecule has 0 fully saturated rings. The lowest BCUT2D eigenvalue weighted by Crippen LogP contribution is -2.10. The molecule has 0 atom stereocenters. The minimum absolute atomic E-state index is 0.196. The summed E-state index contributed by atoms with van der Waals surface area (Å²) in [4.78, 5) is 12.2. The lowest BCUT2D eigenvalue weighted by Gasteiger charge is -2.12. The minimum Gasteiger partial charge on any atom is -0.267 e. The average molecular weight is 405 g/mol. The summed E-state index contributed by atoms with van der Waals surface area (Å²) in [6.07, 6.45) is 2.54. The van der Waals surface area contributed by atoms with Gasteiger partial charge in [0.15, 0.2) is 0 Å². The number of aromatic amines is 1. The van der Waals surface area contributed by atoms with Crippen molar-refractivity contribution in [2.24, 2.45) is 7.05 Å². The molecule has 2 aromatic heterocycles. The molecule has 0 spiro atoms. The fourth-order valence-corrected chi connectivity index (χ4v) is 4.26. The highest BCUT2D eigenvalue weighted by Gasteiger charge is 2.18. The maximum absolute atomic E-state index is 12.2. The second-order valence-corrected chi connectivity index (χ2v) is 7.46. The molecule has 6 heteroatoms. The molecule has 3 aromatic carbocycles. The normalized spacial score (nSPS) is 11.1. The SMILES string of the molecule is CCc1n[nH]c(=O)c2ccc(-c3cnn(C)c3-c3cccc4cccc(C#N)c34)cc12. The lowest BCUT2D eigenvalue weighted by atomic mass is 9.93. The van der Waals surface area contributed by atoms with E-state index in [4.69, 9.17) is 0 Å². The number of fused-ring (bicyclic) bond motifs is 2. The quantitative estimate of drug-likeness (QED) is 0.476. The van der Waals surface area contributed by atoms with E-state index in [-0.39, 0.29) is 5.56 Å². The number of H-pyrrole nitrogens is 1. The van der Waals surface area contributed by atoms with Crippen LogP contribution in [0.3, 0.4) is 0 Å². The Morgan fingerprint density at radius 2 is 1.87 bits per heavy atom. The topological polar surface area (TPSA) is 87.4 Å². The smallest absolute Gasteiger partial charge is 0.267 e. The first kappa shape index (κ1) is 18.8. The van der Waals surface area contributed by atoms with Gasteiger partial charge in [0.25, 0.3) is 5.56 Å². The van der Waals surface area contributed by atoms with E-state index in [1.807, 2.05) is 79.4 Å². The number of nitrogens with zero attached hydrogens (tertiary/aromatic N) is 4. The van der Waals surface area contributed by atoms with Crippen molar-refractivity contribution in [2.45, 2.75) is 13.3 Å². The second kappa shape index (κ2) is 7.22. The number of aromatic nitrogens is 4. The third-order valence-electron chi connectivity index (χ3n) is 5.73. The van der Waals surface area contributed by atoms with Crippen LogP contribution < -0.4 is 5.56 Å². The molecule has 0 bridgehead atoms. The average Bonchev–Trinajstić information content (AvgIpc) is 3.19. The first-order valence-corrected chi connectivity index (χ1v) is 10.1. The van der Waals surface area contributed by atoms with E-state index in [9.17, 15) is 10.1 Å². The summed E-state index contributed by atoms with van der Waals surface area (Å²) in [6, 6.07) is 19.9. The molecule has 2 heterocycles. The largest absolute Gasteiger partial charge is 0.272 e. The number of benzene rings is 3. The van der Waals surface area contributed by atoms with Crippen molar-refractivity contribution in [3.63, 3.8) is 0 Å². The Balaban J connectivity index is 1.81. The summed E-state index contributed by atoms with van der Waals surface area (Å²) in [5, 5.41) is 24.4. The Bertz CT molecular complexity index is 1560. The van der Waals surface area contributed by atoms with Gasteiger partial charge < -0.3 is 0 Å². The van der Waals surface area contributed by atoms with E-state index in [1.54, 1.807) is 0 Å². The van der Waals surface area contributed by atoms with E-state index < -0.39 is 0 Å². The number of rotatable bonds is 3. The van der Waals surface area contributed by atoms with Crippen molar-refractivity contribution in [1.29, 1.82) is 5.26 Å². The van der Waals surface area contributed by atoms with Gasteiger partial charge >= 0.3 is 0 Å². The molecule has 0 unspecified atom stereocenters. The van der Waals surface area contributed by atoms with Crippen LogP contribution in [-0.4, -0.2) is 20.0 Å². The molecule has 0 aliphatic heterocycles. The van der Waals surface area contributed by atoms with Gasteiger partial charge in [-0.3, -0.25) is 9.48 Å². The number of nitrogens with one attached hydrogen (secondary N) is 1. The highest BCUT2D eigenvalue weighted by atomic mass is 16.1. The second-order valence-electron chi connectivity index (χ2n) is 7.46. The molecule has 6 nitrogen and oxygen atoms in total. The summed E-state index contributed by atoms with van der Waals surface area (Å²) >= 11 is 0. The number of hydrogen-bond donors (Lipinski definition) is 1. The summed E-state index contributed by atoms with van der Waals surface area (Å²) in [6.45, 7) is 2.02. The third-order valence-corrected chi connectivity index (χ3v) is 5.73. The van der Waals surface area contributed by atoms with Crippen molar-refractivity contribution in [2.75, 3.05) is 0 Å². The Morgan fingerprint density at radius 3 is 2.65 bits per heavy atom.